The maximum atomic E-state index is 12.2. The molecule has 3 amide bonds. The van der Waals surface area contributed by atoms with E-state index in [0.717, 1.165) is 28.6 Å². The fourth-order valence-corrected chi connectivity index (χ4v) is 3.03. The summed E-state index contributed by atoms with van der Waals surface area (Å²) in [6.45, 7) is 1.98. The predicted octanol–water partition coefficient (Wildman–Crippen LogP) is 3.25. The molecule has 0 unspecified atom stereocenters. The van der Waals surface area contributed by atoms with E-state index < -0.39 is 17.2 Å². The minimum Gasteiger partial charge on any atom is -0.497 e. The highest BCUT2D eigenvalue weighted by molar-refractivity contribution is 8.00. The van der Waals surface area contributed by atoms with Gasteiger partial charge >= 0.3 is 6.03 Å². The zero-order valence-corrected chi connectivity index (χ0v) is 16.7. The zero-order valence-electron chi connectivity index (χ0n) is 15.9. The van der Waals surface area contributed by atoms with Crippen LogP contribution in [0.5, 0.6) is 5.75 Å². The molecule has 0 bridgehead atoms. The number of rotatable bonds is 7. The van der Waals surface area contributed by atoms with Crippen molar-refractivity contribution in [1.82, 2.24) is 20.8 Å². The maximum absolute atomic E-state index is 12.2. The lowest BCUT2D eigenvalue weighted by molar-refractivity contribution is -0.119. The van der Waals surface area contributed by atoms with Gasteiger partial charge in [-0.3, -0.25) is 10.1 Å². The Kier molecular flexibility index (Phi) is 6.85. The first-order valence-electron chi connectivity index (χ1n) is 8.82. The van der Waals surface area contributed by atoms with Crippen LogP contribution in [0.4, 0.5) is 4.79 Å². The Bertz CT molecular complexity index is 960. The van der Waals surface area contributed by atoms with Gasteiger partial charge in [0.2, 0.25) is 11.8 Å². The summed E-state index contributed by atoms with van der Waals surface area (Å²) in [6, 6.07) is 16.0. The highest BCUT2D eigenvalue weighted by Gasteiger charge is 2.20. The van der Waals surface area contributed by atoms with E-state index >= 15 is 0 Å². The number of urea groups is 1. The van der Waals surface area contributed by atoms with Crippen molar-refractivity contribution in [3.05, 3.63) is 60.2 Å². The Labute approximate surface area is 172 Å². The number of hydrogen-bond acceptors (Lipinski definition) is 7. The number of amides is 3. The third kappa shape index (κ3) is 5.82. The van der Waals surface area contributed by atoms with E-state index in [1.54, 1.807) is 38.3 Å². The number of nitrogens with one attached hydrogen (secondary N) is 2. The first-order valence-corrected chi connectivity index (χ1v) is 9.70. The molecule has 0 saturated carbocycles. The Hall–Kier alpha value is -3.33. The number of benzene rings is 2. The summed E-state index contributed by atoms with van der Waals surface area (Å²) < 4.78 is 10.7. The molecule has 0 aliphatic carbocycles. The molecule has 1 atom stereocenters. The molecule has 3 aromatic rings. The first-order chi connectivity index (χ1) is 14.0. The van der Waals surface area contributed by atoms with Crippen molar-refractivity contribution in [3.63, 3.8) is 0 Å². The minimum absolute atomic E-state index is 0.239. The molecule has 0 aliphatic heterocycles. The van der Waals surface area contributed by atoms with Crippen molar-refractivity contribution < 1.29 is 18.7 Å². The largest absolute Gasteiger partial charge is 0.497 e. The monoisotopic (exact) mass is 412 g/mol. The van der Waals surface area contributed by atoms with Crippen LogP contribution < -0.4 is 15.4 Å². The molecule has 0 spiro atoms. The summed E-state index contributed by atoms with van der Waals surface area (Å²) >= 11 is 1.07. The van der Waals surface area contributed by atoms with Gasteiger partial charge in [-0.1, -0.05) is 42.1 Å². The summed E-state index contributed by atoms with van der Waals surface area (Å²) in [5, 5.41) is 12.5. The number of hydrogen-bond donors (Lipinski definition) is 2. The van der Waals surface area contributed by atoms with Gasteiger partial charge in [0.15, 0.2) is 0 Å². The second-order valence-corrected chi connectivity index (χ2v) is 7.31. The van der Waals surface area contributed by atoms with Crippen LogP contribution in [0, 0.1) is 0 Å². The Balaban J connectivity index is 1.50. The van der Waals surface area contributed by atoms with Gasteiger partial charge in [-0.05, 0) is 36.8 Å². The topological polar surface area (TPSA) is 106 Å². The summed E-state index contributed by atoms with van der Waals surface area (Å²) in [7, 11) is 1.59. The van der Waals surface area contributed by atoms with E-state index in [0.29, 0.717) is 12.4 Å². The molecule has 1 aromatic heterocycles. The molecule has 0 fully saturated rings. The molecule has 2 aromatic carbocycles. The van der Waals surface area contributed by atoms with Gasteiger partial charge in [-0.15, -0.1) is 10.2 Å². The normalized spacial score (nSPS) is 11.5. The van der Waals surface area contributed by atoms with Gasteiger partial charge in [0, 0.05) is 12.1 Å². The van der Waals surface area contributed by atoms with Gasteiger partial charge < -0.3 is 14.5 Å². The smallest absolute Gasteiger partial charge is 0.321 e. The second-order valence-electron chi connectivity index (χ2n) is 6.02. The lowest BCUT2D eigenvalue weighted by Crippen LogP contribution is -2.42. The maximum Gasteiger partial charge on any atom is 0.321 e. The molecule has 1 heterocycles. The van der Waals surface area contributed by atoms with Crippen molar-refractivity contribution in [2.45, 2.75) is 23.9 Å². The van der Waals surface area contributed by atoms with Crippen molar-refractivity contribution >= 4 is 23.7 Å². The van der Waals surface area contributed by atoms with Crippen molar-refractivity contribution in [2.24, 2.45) is 0 Å². The summed E-state index contributed by atoms with van der Waals surface area (Å²) in [4.78, 5) is 24.1. The van der Waals surface area contributed by atoms with Crippen molar-refractivity contribution in [1.29, 1.82) is 0 Å². The molecular formula is C20H20N4O4S. The standard InChI is InChI=1S/C20H20N4O4S/c1-13(17(25)22-19(26)21-12-14-6-4-3-5-7-14)29-20-24-23-18(28-20)15-8-10-16(27-2)11-9-15/h3-11,13H,12H2,1-2H3,(H2,21,22,25,26)/t13-/m1/s1. The van der Waals surface area contributed by atoms with Gasteiger partial charge in [-0.25, -0.2) is 4.79 Å². The summed E-state index contributed by atoms with van der Waals surface area (Å²) in [6.07, 6.45) is 0. The lowest BCUT2D eigenvalue weighted by Gasteiger charge is -2.10. The molecule has 0 aliphatic rings. The SMILES string of the molecule is COc1ccc(-c2nnc(S[C@H](C)C(=O)NC(=O)NCc3ccccc3)o2)cc1. The quantitative estimate of drug-likeness (QED) is 0.574. The van der Waals surface area contributed by atoms with E-state index in [-0.39, 0.29) is 5.22 Å². The minimum atomic E-state index is -0.596. The molecular weight excluding hydrogens is 392 g/mol. The first kappa shape index (κ1) is 20.4. The highest BCUT2D eigenvalue weighted by atomic mass is 32.2. The molecule has 150 valence electrons. The fourth-order valence-electron chi connectivity index (χ4n) is 2.35. The number of nitrogens with zero attached hydrogens (tertiary/aromatic N) is 2. The molecule has 29 heavy (non-hydrogen) atoms. The number of carbonyl (C=O) groups excluding carboxylic acids is 2. The molecule has 8 nitrogen and oxygen atoms in total. The Morgan fingerprint density at radius 1 is 1.10 bits per heavy atom. The second kappa shape index (κ2) is 9.74. The third-order valence-corrected chi connectivity index (χ3v) is 4.86. The molecule has 0 saturated heterocycles. The number of imide groups is 1. The zero-order chi connectivity index (χ0) is 20.6. The van der Waals surface area contributed by atoms with Gasteiger partial charge in [0.25, 0.3) is 5.22 Å². The number of aromatic nitrogens is 2. The van der Waals surface area contributed by atoms with Crippen LogP contribution in [0.25, 0.3) is 11.5 Å². The third-order valence-electron chi connectivity index (χ3n) is 3.92. The highest BCUT2D eigenvalue weighted by Crippen LogP contribution is 2.27. The van der Waals surface area contributed by atoms with Crippen molar-refractivity contribution in [2.75, 3.05) is 7.11 Å². The fraction of sp³-hybridized carbons (Fsp3) is 0.200. The Morgan fingerprint density at radius 2 is 1.83 bits per heavy atom. The van der Waals surface area contributed by atoms with E-state index in [4.69, 9.17) is 9.15 Å². The van der Waals surface area contributed by atoms with Gasteiger partial charge in [0.1, 0.15) is 5.75 Å². The van der Waals surface area contributed by atoms with Gasteiger partial charge in [0.05, 0.1) is 12.4 Å². The van der Waals surface area contributed by atoms with E-state index in [1.807, 2.05) is 30.3 Å². The Morgan fingerprint density at radius 3 is 2.52 bits per heavy atom. The molecule has 2 N–H and O–H groups in total. The van der Waals surface area contributed by atoms with Crippen LogP contribution in [0.15, 0.2) is 64.2 Å². The van der Waals surface area contributed by atoms with E-state index in [2.05, 4.69) is 20.8 Å². The van der Waals surface area contributed by atoms with Crippen LogP contribution in [-0.4, -0.2) is 34.5 Å². The molecule has 0 radical (unpaired) electrons. The van der Waals surface area contributed by atoms with Crippen LogP contribution in [0.3, 0.4) is 0 Å². The number of methoxy groups -OCH3 is 1. The summed E-state index contributed by atoms with van der Waals surface area (Å²) in [5.74, 6) is 0.604. The van der Waals surface area contributed by atoms with Crippen LogP contribution in [0.1, 0.15) is 12.5 Å². The van der Waals surface area contributed by atoms with E-state index in [9.17, 15) is 9.59 Å². The van der Waals surface area contributed by atoms with Crippen LogP contribution in [-0.2, 0) is 11.3 Å². The van der Waals surface area contributed by atoms with Crippen molar-refractivity contribution in [3.8, 4) is 17.2 Å². The number of ether oxygens (including phenoxy) is 1. The average molecular weight is 412 g/mol. The average Bonchev–Trinajstić information content (AvgIpc) is 3.21. The lowest BCUT2D eigenvalue weighted by atomic mass is 10.2. The van der Waals surface area contributed by atoms with Crippen LogP contribution >= 0.6 is 11.8 Å². The predicted molar refractivity (Wildman–Crippen MR) is 108 cm³/mol. The molecule has 3 rings (SSSR count). The number of thioether (sulfide) groups is 1. The summed E-state index contributed by atoms with van der Waals surface area (Å²) in [5.41, 5.74) is 1.68. The van der Waals surface area contributed by atoms with Gasteiger partial charge in [-0.2, -0.15) is 0 Å². The van der Waals surface area contributed by atoms with E-state index in [1.165, 1.54) is 0 Å². The molecule has 9 heteroatoms. The number of carbonyl (C=O) groups is 2. The van der Waals surface area contributed by atoms with Crippen LogP contribution in [0.2, 0.25) is 0 Å².